The summed E-state index contributed by atoms with van der Waals surface area (Å²) in [6.45, 7) is 0.992. The maximum atomic E-state index is 11.1. The van der Waals surface area contributed by atoms with Crippen molar-refractivity contribution in [3.05, 3.63) is 52.3 Å². The van der Waals surface area contributed by atoms with Crippen molar-refractivity contribution in [3.63, 3.8) is 0 Å². The third-order valence-corrected chi connectivity index (χ3v) is 3.65. The average Bonchev–Trinajstić information content (AvgIpc) is 2.98. The van der Waals surface area contributed by atoms with Gasteiger partial charge >= 0.3 is 0 Å². The van der Waals surface area contributed by atoms with Crippen LogP contribution in [0.5, 0.6) is 0 Å². The molecule has 0 amide bonds. The molecule has 0 aliphatic carbocycles. The largest absolute Gasteiger partial charge is 0.459 e. The third-order valence-electron chi connectivity index (χ3n) is 3.65. The molecule has 0 spiro atoms. The summed E-state index contributed by atoms with van der Waals surface area (Å²) in [5.41, 5.74) is 0.601. The predicted octanol–water partition coefficient (Wildman–Crippen LogP) is 3.67. The number of nitrogens with one attached hydrogen (secondary N) is 1. The highest BCUT2D eigenvalue weighted by molar-refractivity contribution is 5.69. The Bertz CT molecular complexity index is 615. The van der Waals surface area contributed by atoms with Crippen molar-refractivity contribution in [1.82, 2.24) is 5.32 Å². The lowest BCUT2D eigenvalue weighted by Gasteiger charge is -2.21. The first-order valence-corrected chi connectivity index (χ1v) is 6.82. The molecule has 1 aliphatic rings. The molecule has 0 unspecified atom stereocenters. The van der Waals surface area contributed by atoms with Gasteiger partial charge in [-0.05, 0) is 37.6 Å². The van der Waals surface area contributed by atoms with E-state index in [0.29, 0.717) is 11.3 Å². The fourth-order valence-corrected chi connectivity index (χ4v) is 2.62. The van der Waals surface area contributed by atoms with Gasteiger partial charge in [-0.3, -0.25) is 10.1 Å². The highest BCUT2D eigenvalue weighted by Crippen LogP contribution is 2.33. The summed E-state index contributed by atoms with van der Waals surface area (Å²) >= 11 is 0. The van der Waals surface area contributed by atoms with E-state index in [2.05, 4.69) is 5.32 Å². The van der Waals surface area contributed by atoms with Gasteiger partial charge < -0.3 is 9.73 Å². The van der Waals surface area contributed by atoms with Gasteiger partial charge in [0.05, 0.1) is 16.5 Å². The van der Waals surface area contributed by atoms with E-state index in [1.54, 1.807) is 18.2 Å². The van der Waals surface area contributed by atoms with Gasteiger partial charge in [0.2, 0.25) is 0 Å². The first-order valence-electron chi connectivity index (χ1n) is 6.82. The number of nitrogens with zero attached hydrogens (tertiary/aromatic N) is 1. The third kappa shape index (κ3) is 2.44. The van der Waals surface area contributed by atoms with E-state index in [-0.39, 0.29) is 16.7 Å². The second-order valence-corrected chi connectivity index (χ2v) is 4.98. The second-order valence-electron chi connectivity index (χ2n) is 4.98. The highest BCUT2D eigenvalue weighted by Gasteiger charge is 2.21. The molecule has 1 N–H and O–H groups in total. The Morgan fingerprint density at radius 3 is 2.80 bits per heavy atom. The summed E-state index contributed by atoms with van der Waals surface area (Å²) in [7, 11) is 0. The van der Waals surface area contributed by atoms with Gasteiger partial charge in [-0.25, -0.2) is 0 Å². The van der Waals surface area contributed by atoms with Crippen molar-refractivity contribution in [3.8, 4) is 11.3 Å². The number of benzene rings is 1. The van der Waals surface area contributed by atoms with Crippen LogP contribution in [-0.4, -0.2) is 11.5 Å². The molecule has 1 aliphatic heterocycles. The summed E-state index contributed by atoms with van der Waals surface area (Å²) in [4.78, 5) is 10.7. The van der Waals surface area contributed by atoms with E-state index < -0.39 is 0 Å². The second kappa shape index (κ2) is 5.46. The first kappa shape index (κ1) is 12.9. The number of nitro benzene ring substituents is 1. The van der Waals surface area contributed by atoms with E-state index in [0.717, 1.165) is 18.7 Å². The Kier molecular flexibility index (Phi) is 3.52. The smallest absolute Gasteiger partial charge is 0.280 e. The van der Waals surface area contributed by atoms with Gasteiger partial charge in [0, 0.05) is 6.07 Å². The predicted molar refractivity (Wildman–Crippen MR) is 75.4 cm³/mol. The lowest BCUT2D eigenvalue weighted by molar-refractivity contribution is -0.384. The molecule has 1 fully saturated rings. The van der Waals surface area contributed by atoms with Crippen LogP contribution in [0.2, 0.25) is 0 Å². The fraction of sp³-hybridized carbons (Fsp3) is 0.333. The van der Waals surface area contributed by atoms with Crippen molar-refractivity contribution < 1.29 is 9.34 Å². The topological polar surface area (TPSA) is 68.3 Å². The molecule has 20 heavy (non-hydrogen) atoms. The SMILES string of the molecule is O=[N+]([O-])c1ccccc1-c1ccc([C@H]2CCCCN2)o1. The Hall–Kier alpha value is -2.14. The molecule has 1 aromatic carbocycles. The van der Waals surface area contributed by atoms with Crippen molar-refractivity contribution >= 4 is 5.69 Å². The Morgan fingerprint density at radius 2 is 2.05 bits per heavy atom. The molecule has 1 aromatic heterocycles. The van der Waals surface area contributed by atoms with E-state index in [4.69, 9.17) is 4.42 Å². The van der Waals surface area contributed by atoms with Crippen molar-refractivity contribution in [2.75, 3.05) is 6.54 Å². The van der Waals surface area contributed by atoms with Gasteiger partial charge in [-0.2, -0.15) is 0 Å². The zero-order valence-electron chi connectivity index (χ0n) is 11.0. The maximum Gasteiger partial charge on any atom is 0.280 e. The summed E-state index contributed by atoms with van der Waals surface area (Å²) < 4.78 is 5.83. The van der Waals surface area contributed by atoms with E-state index in [1.807, 2.05) is 12.1 Å². The number of hydrogen-bond donors (Lipinski definition) is 1. The highest BCUT2D eigenvalue weighted by atomic mass is 16.6. The molecule has 2 heterocycles. The minimum Gasteiger partial charge on any atom is -0.459 e. The van der Waals surface area contributed by atoms with Gasteiger partial charge in [0.15, 0.2) is 0 Å². The van der Waals surface area contributed by atoms with Crippen LogP contribution in [0, 0.1) is 10.1 Å². The van der Waals surface area contributed by atoms with Gasteiger partial charge in [0.1, 0.15) is 11.5 Å². The molecule has 1 atom stereocenters. The van der Waals surface area contributed by atoms with Crippen LogP contribution in [0.4, 0.5) is 5.69 Å². The number of piperidine rings is 1. The van der Waals surface area contributed by atoms with Crippen molar-refractivity contribution in [2.24, 2.45) is 0 Å². The summed E-state index contributed by atoms with van der Waals surface area (Å²) in [5.74, 6) is 1.41. The molecule has 5 heteroatoms. The molecule has 2 aromatic rings. The number of para-hydroxylation sites is 1. The standard InChI is InChI=1S/C15H16N2O3/c18-17(19)13-7-2-1-5-11(13)14-8-9-15(20-14)12-6-3-4-10-16-12/h1-2,5,7-9,12,16H,3-4,6,10H2/t12-/m1/s1. The van der Waals surface area contributed by atoms with Crippen LogP contribution in [0.25, 0.3) is 11.3 Å². The first-order chi connectivity index (χ1) is 9.75. The fourth-order valence-electron chi connectivity index (χ4n) is 2.62. The Balaban J connectivity index is 1.92. The average molecular weight is 272 g/mol. The van der Waals surface area contributed by atoms with Crippen LogP contribution in [0.15, 0.2) is 40.8 Å². The molecule has 104 valence electrons. The van der Waals surface area contributed by atoms with Gasteiger partial charge in [0.25, 0.3) is 5.69 Å². The zero-order valence-corrected chi connectivity index (χ0v) is 11.0. The van der Waals surface area contributed by atoms with Crippen LogP contribution >= 0.6 is 0 Å². The van der Waals surface area contributed by atoms with Crippen LogP contribution in [0.3, 0.4) is 0 Å². The van der Waals surface area contributed by atoms with E-state index >= 15 is 0 Å². The molecule has 1 saturated heterocycles. The normalized spacial score (nSPS) is 18.9. The number of hydrogen-bond acceptors (Lipinski definition) is 4. The molecular weight excluding hydrogens is 256 g/mol. The summed E-state index contributed by atoms with van der Waals surface area (Å²) in [6.07, 6.45) is 3.41. The summed E-state index contributed by atoms with van der Waals surface area (Å²) in [6, 6.07) is 10.6. The minimum atomic E-state index is -0.379. The monoisotopic (exact) mass is 272 g/mol. The Morgan fingerprint density at radius 1 is 1.20 bits per heavy atom. The van der Waals surface area contributed by atoms with Crippen LogP contribution < -0.4 is 5.32 Å². The van der Waals surface area contributed by atoms with E-state index in [1.165, 1.54) is 18.9 Å². The lowest BCUT2D eigenvalue weighted by atomic mass is 10.0. The van der Waals surface area contributed by atoms with Crippen molar-refractivity contribution in [1.29, 1.82) is 0 Å². The van der Waals surface area contributed by atoms with Crippen LogP contribution in [0.1, 0.15) is 31.1 Å². The van der Waals surface area contributed by atoms with Crippen molar-refractivity contribution in [2.45, 2.75) is 25.3 Å². The number of rotatable bonds is 3. The summed E-state index contributed by atoms with van der Waals surface area (Å²) in [5, 5.41) is 14.5. The molecule has 0 bridgehead atoms. The molecule has 5 nitrogen and oxygen atoms in total. The number of furan rings is 1. The minimum absolute atomic E-state index is 0.0741. The quantitative estimate of drug-likeness (QED) is 0.683. The molecular formula is C15H16N2O3. The van der Waals surface area contributed by atoms with Crippen LogP contribution in [-0.2, 0) is 0 Å². The van der Waals surface area contributed by atoms with Gasteiger partial charge in [-0.15, -0.1) is 0 Å². The molecule has 0 saturated carbocycles. The lowest BCUT2D eigenvalue weighted by Crippen LogP contribution is -2.26. The molecule has 3 rings (SSSR count). The maximum absolute atomic E-state index is 11.1. The number of nitro groups is 1. The molecule has 0 radical (unpaired) electrons. The Labute approximate surface area is 116 Å². The van der Waals surface area contributed by atoms with Gasteiger partial charge in [-0.1, -0.05) is 18.6 Å². The zero-order chi connectivity index (χ0) is 13.9. The van der Waals surface area contributed by atoms with E-state index in [9.17, 15) is 10.1 Å².